The Morgan fingerprint density at radius 2 is 1.95 bits per heavy atom. The van der Waals surface area contributed by atoms with Gasteiger partial charge in [-0.15, -0.1) is 0 Å². The molecule has 0 aliphatic rings. The van der Waals surface area contributed by atoms with E-state index in [0.29, 0.717) is 0 Å². The number of hydrogen-bond acceptors (Lipinski definition) is 1. The molecule has 2 rings (SSSR count). The van der Waals surface area contributed by atoms with E-state index in [4.69, 9.17) is 5.26 Å². The number of hydrogen-bond donors (Lipinski definition) is 1. The summed E-state index contributed by atoms with van der Waals surface area (Å²) in [6.45, 7) is 0. The van der Waals surface area contributed by atoms with Gasteiger partial charge >= 0.3 is 6.18 Å². The highest BCUT2D eigenvalue weighted by Crippen LogP contribution is 2.40. The summed E-state index contributed by atoms with van der Waals surface area (Å²) in [6, 6.07) is 6.67. The standard InChI is InChI=1S/C12H5BrF4N2/c13-9-8(5-18)10(19-11(9)12(15,16)17)6-2-1-3-7(14)4-6/h1-4,19H. The van der Waals surface area contributed by atoms with Crippen molar-refractivity contribution in [1.29, 1.82) is 5.26 Å². The lowest BCUT2D eigenvalue weighted by Crippen LogP contribution is -2.06. The quantitative estimate of drug-likeness (QED) is 0.768. The van der Waals surface area contributed by atoms with Crippen molar-refractivity contribution in [3.63, 3.8) is 0 Å². The predicted octanol–water partition coefficient (Wildman–Crippen LogP) is 4.47. The minimum atomic E-state index is -4.63. The smallest absolute Gasteiger partial charge is 0.349 e. The lowest BCUT2D eigenvalue weighted by Gasteiger charge is -2.03. The number of nitriles is 1. The first-order valence-electron chi connectivity index (χ1n) is 4.99. The molecule has 0 amide bonds. The minimum absolute atomic E-state index is 0.0683. The van der Waals surface area contributed by atoms with Crippen molar-refractivity contribution < 1.29 is 17.6 Å². The zero-order chi connectivity index (χ0) is 14.2. The van der Waals surface area contributed by atoms with E-state index in [0.717, 1.165) is 12.1 Å². The maximum atomic E-state index is 13.1. The second-order valence-corrected chi connectivity index (χ2v) is 4.48. The van der Waals surface area contributed by atoms with Crippen molar-refractivity contribution in [3.8, 4) is 17.3 Å². The molecule has 0 saturated heterocycles. The molecule has 0 spiro atoms. The molecule has 0 aliphatic heterocycles. The van der Waals surface area contributed by atoms with Gasteiger partial charge in [-0.3, -0.25) is 0 Å². The van der Waals surface area contributed by atoms with E-state index in [1.54, 1.807) is 6.07 Å². The van der Waals surface area contributed by atoms with Gasteiger partial charge in [0, 0.05) is 5.56 Å². The van der Waals surface area contributed by atoms with Crippen molar-refractivity contribution in [1.82, 2.24) is 4.98 Å². The molecule has 0 unspecified atom stereocenters. The van der Waals surface area contributed by atoms with Gasteiger partial charge in [-0.25, -0.2) is 4.39 Å². The summed E-state index contributed by atoms with van der Waals surface area (Å²) >= 11 is 2.75. The average molecular weight is 333 g/mol. The SMILES string of the molecule is N#Cc1c(-c2cccc(F)c2)[nH]c(C(F)(F)F)c1Br. The normalized spacial score (nSPS) is 11.4. The fraction of sp³-hybridized carbons (Fsp3) is 0.0833. The Bertz CT molecular complexity index is 667. The van der Waals surface area contributed by atoms with Crippen molar-refractivity contribution in [3.05, 3.63) is 45.8 Å². The summed E-state index contributed by atoms with van der Waals surface area (Å²) in [4.78, 5) is 2.12. The first-order chi connectivity index (χ1) is 8.84. The van der Waals surface area contributed by atoms with E-state index >= 15 is 0 Å². The summed E-state index contributed by atoms with van der Waals surface area (Å²) in [7, 11) is 0. The molecule has 7 heteroatoms. The Hall–Kier alpha value is -1.81. The highest BCUT2D eigenvalue weighted by atomic mass is 79.9. The average Bonchev–Trinajstić information content (AvgIpc) is 2.66. The van der Waals surface area contributed by atoms with Gasteiger partial charge in [-0.05, 0) is 28.1 Å². The van der Waals surface area contributed by atoms with Crippen LogP contribution in [0.4, 0.5) is 17.6 Å². The molecule has 1 heterocycles. The van der Waals surface area contributed by atoms with Gasteiger partial charge in [0.1, 0.15) is 17.6 Å². The Morgan fingerprint density at radius 3 is 2.47 bits per heavy atom. The second kappa shape index (κ2) is 4.70. The predicted molar refractivity (Wildman–Crippen MR) is 63.6 cm³/mol. The zero-order valence-corrected chi connectivity index (χ0v) is 10.7. The fourth-order valence-electron chi connectivity index (χ4n) is 1.64. The number of alkyl halides is 3. The number of aromatic nitrogens is 1. The topological polar surface area (TPSA) is 39.6 Å². The Labute approximate surface area is 113 Å². The van der Waals surface area contributed by atoms with E-state index < -0.39 is 17.7 Å². The van der Waals surface area contributed by atoms with Gasteiger partial charge in [-0.2, -0.15) is 18.4 Å². The van der Waals surface area contributed by atoms with Crippen LogP contribution < -0.4 is 0 Å². The number of benzene rings is 1. The van der Waals surface area contributed by atoms with Crippen LogP contribution in [0.15, 0.2) is 28.7 Å². The third kappa shape index (κ3) is 2.49. The molecule has 1 N–H and O–H groups in total. The molecule has 2 aromatic rings. The molecule has 19 heavy (non-hydrogen) atoms. The van der Waals surface area contributed by atoms with E-state index in [1.165, 1.54) is 12.1 Å². The molecule has 0 radical (unpaired) electrons. The molecule has 2 nitrogen and oxygen atoms in total. The summed E-state index contributed by atoms with van der Waals surface area (Å²) in [5.41, 5.74) is -1.17. The van der Waals surface area contributed by atoms with E-state index in [1.807, 2.05) is 0 Å². The number of nitrogens with zero attached hydrogens (tertiary/aromatic N) is 1. The van der Waals surface area contributed by atoms with Gasteiger partial charge in [0.25, 0.3) is 0 Å². The third-order valence-corrected chi connectivity index (χ3v) is 3.24. The summed E-state index contributed by atoms with van der Waals surface area (Å²) in [5.74, 6) is -0.597. The number of H-pyrrole nitrogens is 1. The lowest BCUT2D eigenvalue weighted by atomic mass is 10.1. The highest BCUT2D eigenvalue weighted by Gasteiger charge is 2.37. The van der Waals surface area contributed by atoms with Gasteiger partial charge in [-0.1, -0.05) is 12.1 Å². The van der Waals surface area contributed by atoms with Crippen LogP contribution in [0.3, 0.4) is 0 Å². The van der Waals surface area contributed by atoms with Gasteiger partial charge in [0.2, 0.25) is 0 Å². The number of rotatable bonds is 1. The minimum Gasteiger partial charge on any atom is -0.349 e. The monoisotopic (exact) mass is 332 g/mol. The second-order valence-electron chi connectivity index (χ2n) is 3.68. The van der Waals surface area contributed by atoms with Crippen LogP contribution in [0.25, 0.3) is 11.3 Å². The molecule has 1 aromatic heterocycles. The number of nitrogens with one attached hydrogen (secondary N) is 1. The maximum Gasteiger partial charge on any atom is 0.432 e. The largest absolute Gasteiger partial charge is 0.432 e. The van der Waals surface area contributed by atoms with Crippen molar-refractivity contribution in [2.45, 2.75) is 6.18 Å². The zero-order valence-electron chi connectivity index (χ0n) is 9.15. The summed E-state index contributed by atoms with van der Waals surface area (Å²) < 4.78 is 50.9. The van der Waals surface area contributed by atoms with Crippen molar-refractivity contribution >= 4 is 15.9 Å². The highest BCUT2D eigenvalue weighted by molar-refractivity contribution is 9.10. The Kier molecular flexibility index (Phi) is 3.37. The molecule has 0 atom stereocenters. The Balaban J connectivity index is 2.69. The van der Waals surface area contributed by atoms with E-state index in [9.17, 15) is 17.6 Å². The summed E-state index contributed by atoms with van der Waals surface area (Å²) in [6.07, 6.45) is -4.63. The van der Waals surface area contributed by atoms with Crippen LogP contribution in [0.2, 0.25) is 0 Å². The van der Waals surface area contributed by atoms with Crippen LogP contribution >= 0.6 is 15.9 Å². The molecule has 0 saturated carbocycles. The Morgan fingerprint density at radius 1 is 1.26 bits per heavy atom. The first kappa shape index (κ1) is 13.6. The van der Waals surface area contributed by atoms with Gasteiger partial charge in [0.05, 0.1) is 15.7 Å². The van der Waals surface area contributed by atoms with Crippen LogP contribution in [0.1, 0.15) is 11.3 Å². The molecule has 0 fully saturated rings. The van der Waals surface area contributed by atoms with Crippen LogP contribution in [-0.4, -0.2) is 4.98 Å². The van der Waals surface area contributed by atoms with E-state index in [-0.39, 0.29) is 21.3 Å². The van der Waals surface area contributed by atoms with Crippen LogP contribution in [-0.2, 0) is 6.18 Å². The van der Waals surface area contributed by atoms with Crippen molar-refractivity contribution in [2.24, 2.45) is 0 Å². The van der Waals surface area contributed by atoms with Crippen LogP contribution in [0, 0.1) is 17.1 Å². The molecule has 1 aromatic carbocycles. The fourth-order valence-corrected chi connectivity index (χ4v) is 2.25. The molecule has 0 bridgehead atoms. The van der Waals surface area contributed by atoms with Gasteiger partial charge in [0.15, 0.2) is 0 Å². The lowest BCUT2D eigenvalue weighted by molar-refractivity contribution is -0.141. The number of halogens is 5. The number of aromatic amines is 1. The summed E-state index contributed by atoms with van der Waals surface area (Å²) in [5, 5.41) is 8.95. The van der Waals surface area contributed by atoms with Gasteiger partial charge < -0.3 is 4.98 Å². The molecule has 98 valence electrons. The maximum absolute atomic E-state index is 13.1. The molecular weight excluding hydrogens is 328 g/mol. The third-order valence-electron chi connectivity index (χ3n) is 2.45. The molecule has 0 aliphatic carbocycles. The van der Waals surface area contributed by atoms with Crippen LogP contribution in [0.5, 0.6) is 0 Å². The van der Waals surface area contributed by atoms with Crippen molar-refractivity contribution in [2.75, 3.05) is 0 Å². The first-order valence-corrected chi connectivity index (χ1v) is 5.78. The molecular formula is C12H5BrF4N2. The van der Waals surface area contributed by atoms with E-state index in [2.05, 4.69) is 20.9 Å².